The Morgan fingerprint density at radius 1 is 1.18 bits per heavy atom. The molecular weight excluding hydrogens is 300 g/mol. The van der Waals surface area contributed by atoms with Gasteiger partial charge in [-0.2, -0.15) is 0 Å². The van der Waals surface area contributed by atoms with Gasteiger partial charge < -0.3 is 30.7 Å². The second-order valence-corrected chi connectivity index (χ2v) is 4.38. The number of carbonyl (C=O) groups is 4. The van der Waals surface area contributed by atoms with Crippen LogP contribution in [0.15, 0.2) is 0 Å². The molecule has 0 saturated heterocycles. The Balaban J connectivity index is 4.40. The highest BCUT2D eigenvalue weighted by Gasteiger charge is 2.23. The molecule has 0 aliphatic rings. The number of carboxylic acids is 2. The van der Waals surface area contributed by atoms with Gasteiger partial charge in [-0.25, -0.2) is 9.59 Å². The highest BCUT2D eigenvalue weighted by atomic mass is 16.7. The topological polar surface area (TPSA) is 167 Å². The van der Waals surface area contributed by atoms with Crippen molar-refractivity contribution in [2.75, 3.05) is 6.54 Å². The lowest BCUT2D eigenvalue weighted by Crippen LogP contribution is -2.50. The molecule has 0 saturated carbocycles. The highest BCUT2D eigenvalue weighted by molar-refractivity contribution is 5.80. The zero-order valence-corrected chi connectivity index (χ0v) is 12.0. The van der Waals surface area contributed by atoms with Gasteiger partial charge in [0.1, 0.15) is 6.04 Å². The third-order valence-corrected chi connectivity index (χ3v) is 2.62. The predicted octanol–water partition coefficient (Wildman–Crippen LogP) is -1.06. The molecule has 2 atom stereocenters. The summed E-state index contributed by atoms with van der Waals surface area (Å²) in [5, 5.41) is 19.4. The van der Waals surface area contributed by atoms with Gasteiger partial charge in [0, 0.05) is 12.8 Å². The number of aliphatic carboxylic acids is 2. The molecule has 0 aliphatic heterocycles. The molecule has 0 spiro atoms. The van der Waals surface area contributed by atoms with Crippen LogP contribution in [0.25, 0.3) is 0 Å². The molecule has 1 amide bonds. The molecule has 0 radical (unpaired) electrons. The van der Waals surface area contributed by atoms with E-state index in [4.69, 9.17) is 14.9 Å². The summed E-state index contributed by atoms with van der Waals surface area (Å²) in [6.07, 6.45) is -1.32. The number of alkyl carbamates (subject to hydrolysis) is 1. The van der Waals surface area contributed by atoms with Crippen molar-refractivity contribution in [1.82, 2.24) is 5.32 Å². The molecule has 0 aromatic carbocycles. The SMILES string of the molecule is [NH3+]CCCC[C@@H](OC=O)OC(=O)N[C@@H](CCC(=O)O)C(=O)O. The highest BCUT2D eigenvalue weighted by Crippen LogP contribution is 2.07. The summed E-state index contributed by atoms with van der Waals surface area (Å²) in [6, 6.07) is -1.40. The third kappa shape index (κ3) is 9.53. The molecule has 0 aromatic rings. The third-order valence-electron chi connectivity index (χ3n) is 2.62. The summed E-state index contributed by atoms with van der Waals surface area (Å²) in [5.74, 6) is -2.57. The molecule has 0 heterocycles. The van der Waals surface area contributed by atoms with Crippen LogP contribution in [0.3, 0.4) is 0 Å². The van der Waals surface area contributed by atoms with E-state index < -0.39 is 36.8 Å². The lowest BCUT2D eigenvalue weighted by molar-refractivity contribution is -0.368. The average molecular weight is 321 g/mol. The van der Waals surface area contributed by atoms with Gasteiger partial charge in [-0.1, -0.05) is 0 Å². The second-order valence-electron chi connectivity index (χ2n) is 4.38. The predicted molar refractivity (Wildman–Crippen MR) is 70.5 cm³/mol. The van der Waals surface area contributed by atoms with E-state index in [1.165, 1.54) is 0 Å². The second kappa shape index (κ2) is 11.3. The van der Waals surface area contributed by atoms with E-state index in [0.29, 0.717) is 13.0 Å². The maximum absolute atomic E-state index is 11.6. The van der Waals surface area contributed by atoms with E-state index in [0.717, 1.165) is 6.42 Å². The van der Waals surface area contributed by atoms with Crippen LogP contribution in [0.4, 0.5) is 4.79 Å². The maximum atomic E-state index is 11.6. The largest absolute Gasteiger partial charge is 0.481 e. The van der Waals surface area contributed by atoms with Gasteiger partial charge in [0.05, 0.1) is 6.54 Å². The molecule has 0 unspecified atom stereocenters. The van der Waals surface area contributed by atoms with Crippen LogP contribution in [0.1, 0.15) is 32.1 Å². The molecule has 0 aromatic heterocycles. The smallest absolute Gasteiger partial charge is 0.410 e. The van der Waals surface area contributed by atoms with Gasteiger partial charge in [0.25, 0.3) is 6.47 Å². The summed E-state index contributed by atoms with van der Waals surface area (Å²) in [6.45, 7) is 0.803. The average Bonchev–Trinajstić information content (AvgIpc) is 2.43. The van der Waals surface area contributed by atoms with E-state index in [9.17, 15) is 19.2 Å². The van der Waals surface area contributed by atoms with Crippen molar-refractivity contribution < 1.29 is 44.6 Å². The van der Waals surface area contributed by atoms with Crippen molar-refractivity contribution in [3.05, 3.63) is 0 Å². The molecule has 0 bridgehead atoms. The normalized spacial score (nSPS) is 12.8. The Morgan fingerprint density at radius 2 is 1.86 bits per heavy atom. The molecule has 6 N–H and O–H groups in total. The molecule has 10 nitrogen and oxygen atoms in total. The fourth-order valence-electron chi connectivity index (χ4n) is 1.53. The summed E-state index contributed by atoms with van der Waals surface area (Å²) in [5.41, 5.74) is 3.64. The number of ether oxygens (including phenoxy) is 2. The van der Waals surface area contributed by atoms with Crippen molar-refractivity contribution in [2.45, 2.75) is 44.4 Å². The summed E-state index contributed by atoms with van der Waals surface area (Å²) in [7, 11) is 0. The number of carboxylic acid groups (broad SMARTS) is 2. The number of quaternary nitrogens is 1. The van der Waals surface area contributed by atoms with E-state index >= 15 is 0 Å². The first-order chi connectivity index (χ1) is 10.4. The summed E-state index contributed by atoms with van der Waals surface area (Å²) >= 11 is 0. The fourth-order valence-corrected chi connectivity index (χ4v) is 1.53. The minimum Gasteiger partial charge on any atom is -0.481 e. The molecule has 0 fully saturated rings. The molecule has 126 valence electrons. The monoisotopic (exact) mass is 321 g/mol. The summed E-state index contributed by atoms with van der Waals surface area (Å²) in [4.78, 5) is 43.2. The number of nitrogens with one attached hydrogen (secondary N) is 1. The van der Waals surface area contributed by atoms with Gasteiger partial charge in [-0.3, -0.25) is 9.59 Å². The zero-order chi connectivity index (χ0) is 17.0. The standard InChI is InChI=1S/C12H20N2O8/c13-6-2-1-3-10(21-7-15)22-12(20)14-8(11(18)19)4-5-9(16)17/h7-8,10H,1-6,13H2,(H,14,20)(H,16,17)(H,18,19)/p+1/t8-,10-/m0/s1. The minimum atomic E-state index is -1.40. The molecule has 0 rings (SSSR count). The quantitative estimate of drug-likeness (QED) is 0.200. The van der Waals surface area contributed by atoms with Crippen molar-refractivity contribution in [2.24, 2.45) is 0 Å². The van der Waals surface area contributed by atoms with Crippen molar-refractivity contribution in [1.29, 1.82) is 0 Å². The fraction of sp³-hybridized carbons (Fsp3) is 0.667. The Morgan fingerprint density at radius 3 is 2.36 bits per heavy atom. The minimum absolute atomic E-state index is 0.126. The van der Waals surface area contributed by atoms with Crippen molar-refractivity contribution >= 4 is 24.5 Å². The van der Waals surface area contributed by atoms with Crippen LogP contribution < -0.4 is 11.1 Å². The Hall–Kier alpha value is -2.36. The number of amides is 1. The number of unbranched alkanes of at least 4 members (excludes halogenated alkanes) is 1. The zero-order valence-electron chi connectivity index (χ0n) is 12.0. The lowest BCUT2D eigenvalue weighted by atomic mass is 10.1. The molecule has 22 heavy (non-hydrogen) atoms. The van der Waals surface area contributed by atoms with E-state index in [-0.39, 0.29) is 19.3 Å². The van der Waals surface area contributed by atoms with Crippen LogP contribution in [0.2, 0.25) is 0 Å². The Bertz CT molecular complexity index is 387. The first-order valence-electron chi connectivity index (χ1n) is 6.70. The van der Waals surface area contributed by atoms with Gasteiger partial charge in [0.2, 0.25) is 6.29 Å². The maximum Gasteiger partial charge on any atom is 0.410 e. The van der Waals surface area contributed by atoms with Gasteiger partial charge >= 0.3 is 18.0 Å². The number of rotatable bonds is 12. The van der Waals surface area contributed by atoms with Crippen LogP contribution in [-0.4, -0.2) is 53.6 Å². The lowest BCUT2D eigenvalue weighted by Gasteiger charge is -2.18. The Labute approximate surface area is 126 Å². The summed E-state index contributed by atoms with van der Waals surface area (Å²) < 4.78 is 9.36. The van der Waals surface area contributed by atoms with Crippen LogP contribution in [-0.2, 0) is 23.9 Å². The number of hydrogen-bond acceptors (Lipinski definition) is 6. The molecule has 0 aliphatic carbocycles. The number of carbonyl (C=O) groups excluding carboxylic acids is 2. The van der Waals surface area contributed by atoms with Crippen LogP contribution in [0.5, 0.6) is 0 Å². The van der Waals surface area contributed by atoms with Crippen LogP contribution in [0, 0.1) is 0 Å². The first kappa shape index (κ1) is 19.6. The molecule has 10 heteroatoms. The van der Waals surface area contributed by atoms with Crippen LogP contribution >= 0.6 is 0 Å². The van der Waals surface area contributed by atoms with Gasteiger partial charge in [-0.05, 0) is 19.3 Å². The van der Waals surface area contributed by atoms with E-state index in [2.05, 4.69) is 10.5 Å². The van der Waals surface area contributed by atoms with E-state index in [1.54, 1.807) is 0 Å². The molecular formula is C12H21N2O8+. The van der Waals surface area contributed by atoms with Gasteiger partial charge in [-0.15, -0.1) is 0 Å². The van der Waals surface area contributed by atoms with Gasteiger partial charge in [0.15, 0.2) is 0 Å². The number of hydrogen-bond donors (Lipinski definition) is 4. The van der Waals surface area contributed by atoms with Crippen molar-refractivity contribution in [3.8, 4) is 0 Å². The van der Waals surface area contributed by atoms with Crippen molar-refractivity contribution in [3.63, 3.8) is 0 Å². The Kier molecular flexibility index (Phi) is 10.1. The van der Waals surface area contributed by atoms with E-state index in [1.807, 2.05) is 5.32 Å². The first-order valence-corrected chi connectivity index (χ1v) is 6.70.